The highest BCUT2D eigenvalue weighted by Gasteiger charge is 2.42. The van der Waals surface area contributed by atoms with Crippen LogP contribution in [0.1, 0.15) is 16.7 Å². The first-order valence-electron chi connectivity index (χ1n) is 25.4. The summed E-state index contributed by atoms with van der Waals surface area (Å²) in [4.78, 5) is 37.1. The van der Waals surface area contributed by atoms with E-state index in [0.29, 0.717) is 35.4 Å². The van der Waals surface area contributed by atoms with E-state index in [1.54, 1.807) is 4.90 Å². The van der Waals surface area contributed by atoms with E-state index >= 15 is 0 Å². The molecule has 0 N–H and O–H groups in total. The van der Waals surface area contributed by atoms with Gasteiger partial charge >= 0.3 is 0 Å². The van der Waals surface area contributed by atoms with E-state index in [1.165, 1.54) is 48.4 Å². The van der Waals surface area contributed by atoms with Gasteiger partial charge in [-0.25, -0.2) is 4.90 Å². The largest absolute Gasteiger partial charge is 0.311 e. The molecular formula is C66H41BN8S. The quantitative estimate of drug-likeness (QED) is 0.142. The summed E-state index contributed by atoms with van der Waals surface area (Å²) in [6.45, 7) is -0.141. The van der Waals surface area contributed by atoms with E-state index in [1.807, 2.05) is 72.4 Å². The number of guanidine groups is 3. The molecule has 5 aliphatic rings. The Balaban J connectivity index is 0.927. The molecule has 0 saturated carbocycles. The minimum Gasteiger partial charge on any atom is -0.311 e. The molecule has 354 valence electrons. The molecule has 5 heterocycles. The van der Waals surface area contributed by atoms with Crippen molar-refractivity contribution >= 4 is 87.3 Å². The fourth-order valence-corrected chi connectivity index (χ4v) is 12.1. The third-order valence-corrected chi connectivity index (χ3v) is 15.7. The van der Waals surface area contributed by atoms with Crippen LogP contribution in [0.15, 0.2) is 288 Å². The lowest BCUT2D eigenvalue weighted by molar-refractivity contribution is 0.828. The van der Waals surface area contributed by atoms with Gasteiger partial charge in [0.2, 0.25) is 24.6 Å². The highest BCUT2D eigenvalue weighted by atomic mass is 32.2. The first-order valence-corrected chi connectivity index (χ1v) is 26.2. The molecular weight excluding hydrogens is 948 g/mol. The second kappa shape index (κ2) is 18.0. The fourth-order valence-electron chi connectivity index (χ4n) is 10.9. The van der Waals surface area contributed by atoms with Crippen LogP contribution < -0.4 is 21.3 Å². The Bertz CT molecular complexity index is 4140. The highest BCUT2D eigenvalue weighted by Crippen LogP contribution is 2.45. The van der Waals surface area contributed by atoms with Crippen LogP contribution in [0.2, 0.25) is 0 Å². The van der Waals surface area contributed by atoms with Crippen molar-refractivity contribution in [3.8, 4) is 44.5 Å². The third-order valence-electron chi connectivity index (χ3n) is 14.6. The molecule has 0 amide bonds. The normalized spacial score (nSPS) is 14.7. The van der Waals surface area contributed by atoms with Crippen LogP contribution in [0.3, 0.4) is 0 Å². The van der Waals surface area contributed by atoms with Crippen LogP contribution in [0, 0.1) is 0 Å². The van der Waals surface area contributed by atoms with Crippen molar-refractivity contribution in [2.75, 3.05) is 4.90 Å². The lowest BCUT2D eigenvalue weighted by atomic mass is 9.34. The predicted molar refractivity (Wildman–Crippen MR) is 315 cm³/mol. The molecule has 10 aromatic carbocycles. The second-order valence-electron chi connectivity index (χ2n) is 19.1. The van der Waals surface area contributed by atoms with Crippen LogP contribution in [-0.4, -0.2) is 47.0 Å². The van der Waals surface area contributed by atoms with E-state index in [9.17, 15) is 0 Å². The monoisotopic (exact) mass is 988 g/mol. The Morgan fingerprint density at radius 2 is 0.711 bits per heavy atom. The maximum absolute atomic E-state index is 5.22. The van der Waals surface area contributed by atoms with Gasteiger partial charge in [-0.05, 0) is 97.9 Å². The van der Waals surface area contributed by atoms with Crippen LogP contribution in [0.25, 0.3) is 44.5 Å². The number of nitrogens with zero attached hydrogens (tertiary/aromatic N) is 8. The molecule has 0 saturated heterocycles. The number of rotatable bonds is 8. The van der Waals surface area contributed by atoms with Crippen LogP contribution >= 0.6 is 11.8 Å². The topological polar surface area (TPSA) is 80.6 Å². The number of hydrogen-bond acceptors (Lipinski definition) is 9. The van der Waals surface area contributed by atoms with E-state index in [0.717, 1.165) is 56.0 Å². The first-order chi connectivity index (χ1) is 37.6. The van der Waals surface area contributed by atoms with Gasteiger partial charge in [-0.15, -0.1) is 0 Å². The molecule has 5 aliphatic heterocycles. The Morgan fingerprint density at radius 1 is 0.276 bits per heavy atom. The van der Waals surface area contributed by atoms with Gasteiger partial charge in [0, 0.05) is 43.5 Å². The minimum atomic E-state index is -0.141. The second-order valence-corrected chi connectivity index (χ2v) is 20.2. The van der Waals surface area contributed by atoms with Crippen molar-refractivity contribution in [2.24, 2.45) is 30.0 Å². The molecule has 10 heteroatoms. The lowest BCUT2D eigenvalue weighted by Crippen LogP contribution is -2.60. The van der Waals surface area contributed by atoms with Crippen molar-refractivity contribution in [2.45, 2.75) is 9.79 Å². The standard InChI is InChI=1S/C66H41BN8S/c1-6-17-42(18-7-1)45-29-33-53(34-30-45)74-56-35-31-50(44-21-10-3-11-22-44)38-54(56)67-55-39-51(32-36-58(55)76-59-41-52(40-57(74)60(59)67)49-28-16-27-48(37-49)43-19-8-2-9-20-43)63-72-65-70-61(46-23-12-4-13-24-46)68-64-69-62(47-25-14-5-15-26-47)71-66(73-63)75(64)65/h1-41H. The molecule has 0 aliphatic carbocycles. The van der Waals surface area contributed by atoms with Crippen molar-refractivity contribution in [3.05, 3.63) is 265 Å². The zero-order chi connectivity index (χ0) is 50.1. The molecule has 10 aromatic rings. The summed E-state index contributed by atoms with van der Waals surface area (Å²) in [6.07, 6.45) is 0. The Hall–Kier alpha value is -9.77. The summed E-state index contributed by atoms with van der Waals surface area (Å²) in [5.74, 6) is 2.80. The molecule has 0 bridgehead atoms. The summed E-state index contributed by atoms with van der Waals surface area (Å²) < 4.78 is 0. The highest BCUT2D eigenvalue weighted by molar-refractivity contribution is 8.00. The zero-order valence-corrected chi connectivity index (χ0v) is 41.6. The maximum Gasteiger partial charge on any atom is 0.249 e. The van der Waals surface area contributed by atoms with Crippen LogP contribution in [0.4, 0.5) is 17.1 Å². The molecule has 8 nitrogen and oxygen atoms in total. The Morgan fingerprint density at radius 3 is 1.28 bits per heavy atom. The van der Waals surface area contributed by atoms with E-state index in [-0.39, 0.29) is 6.71 Å². The van der Waals surface area contributed by atoms with Crippen LogP contribution in [-0.2, 0) is 0 Å². The Kier molecular flexibility index (Phi) is 10.4. The molecule has 0 fully saturated rings. The van der Waals surface area contributed by atoms with E-state index < -0.39 is 0 Å². The van der Waals surface area contributed by atoms with E-state index in [2.05, 4.69) is 193 Å². The SMILES string of the molecule is c1ccc(C2=NC3=NC(c4ccccc4)=NC4=NC(c5ccc6c(c5)B5c7cc(-c8ccccc8)ccc7N(c7ccc(-c8ccccc8)cc7)c7cc(-c8cccc(-c9ccccc9)c8)cc(c75)S6)=NC(=N2)N34)cc1. The molecule has 15 rings (SSSR count). The molecule has 0 spiro atoms. The van der Waals surface area contributed by atoms with Gasteiger partial charge in [-0.2, -0.15) is 30.0 Å². The zero-order valence-electron chi connectivity index (χ0n) is 40.7. The number of hydrogen-bond donors (Lipinski definition) is 0. The smallest absolute Gasteiger partial charge is 0.249 e. The van der Waals surface area contributed by atoms with Crippen molar-refractivity contribution in [3.63, 3.8) is 0 Å². The number of aliphatic imine (C=N–C) groups is 6. The molecule has 0 radical (unpaired) electrons. The summed E-state index contributed by atoms with van der Waals surface area (Å²) in [7, 11) is 0. The number of benzene rings is 10. The van der Waals surface area contributed by atoms with Gasteiger partial charge in [0.1, 0.15) is 0 Å². The van der Waals surface area contributed by atoms with Gasteiger partial charge in [0.15, 0.2) is 17.5 Å². The van der Waals surface area contributed by atoms with Crippen molar-refractivity contribution in [1.29, 1.82) is 0 Å². The molecule has 0 atom stereocenters. The Labute approximate surface area is 444 Å². The predicted octanol–water partition coefficient (Wildman–Crippen LogP) is 13.2. The summed E-state index contributed by atoms with van der Waals surface area (Å²) in [5.41, 5.74) is 19.0. The van der Waals surface area contributed by atoms with Gasteiger partial charge in [0.25, 0.3) is 0 Å². The molecule has 0 aromatic heterocycles. The first kappa shape index (κ1) is 43.8. The molecule has 0 unspecified atom stereocenters. The van der Waals surface area contributed by atoms with Gasteiger partial charge in [-0.1, -0.05) is 223 Å². The number of fused-ring (bicyclic) bond motifs is 4. The van der Waals surface area contributed by atoms with Crippen molar-refractivity contribution < 1.29 is 0 Å². The number of anilines is 3. The average Bonchev–Trinajstić information content (AvgIpc) is 3.64. The summed E-state index contributed by atoms with van der Waals surface area (Å²) >= 11 is 1.83. The van der Waals surface area contributed by atoms with Crippen molar-refractivity contribution in [1.82, 2.24) is 4.90 Å². The minimum absolute atomic E-state index is 0.141. The van der Waals surface area contributed by atoms with E-state index in [4.69, 9.17) is 30.0 Å². The van der Waals surface area contributed by atoms with Crippen LogP contribution in [0.5, 0.6) is 0 Å². The maximum atomic E-state index is 5.22. The average molecular weight is 989 g/mol. The third kappa shape index (κ3) is 7.57. The number of amidine groups is 3. The van der Waals surface area contributed by atoms with Gasteiger partial charge in [-0.3, -0.25) is 0 Å². The fraction of sp³-hybridized carbons (Fsp3) is 0. The summed E-state index contributed by atoms with van der Waals surface area (Å²) in [5, 5.41) is 0. The lowest BCUT2D eigenvalue weighted by Gasteiger charge is -2.41. The van der Waals surface area contributed by atoms with Gasteiger partial charge in [0.05, 0.1) is 0 Å². The molecule has 76 heavy (non-hydrogen) atoms. The van der Waals surface area contributed by atoms with Gasteiger partial charge < -0.3 is 4.90 Å². The summed E-state index contributed by atoms with van der Waals surface area (Å²) in [6, 6.07) is 88.3.